The third-order valence-electron chi connectivity index (χ3n) is 3.26. The molecule has 0 unspecified atom stereocenters. The number of carbonyl (C=O) groups excluding carboxylic acids is 2. The minimum absolute atomic E-state index is 0.0591. The molecule has 1 atom stereocenters. The highest BCUT2D eigenvalue weighted by Gasteiger charge is 2.22. The summed E-state index contributed by atoms with van der Waals surface area (Å²) in [6.45, 7) is 2.75. The average Bonchev–Trinajstić information content (AvgIpc) is 2.64. The van der Waals surface area contributed by atoms with E-state index in [1.807, 2.05) is 31.2 Å². The summed E-state index contributed by atoms with van der Waals surface area (Å²) < 4.78 is 0. The van der Waals surface area contributed by atoms with E-state index in [2.05, 4.69) is 10.6 Å². The molecule has 2 N–H and O–H groups in total. The van der Waals surface area contributed by atoms with Crippen LogP contribution in [0.15, 0.2) is 29.2 Å². The number of hydrogen-bond donors (Lipinski definition) is 2. The second-order valence-corrected chi connectivity index (χ2v) is 6.06. The van der Waals surface area contributed by atoms with E-state index in [4.69, 9.17) is 0 Å². The Labute approximate surface area is 123 Å². The summed E-state index contributed by atoms with van der Waals surface area (Å²) in [6, 6.07) is 7.69. The molecule has 4 nitrogen and oxygen atoms in total. The summed E-state index contributed by atoms with van der Waals surface area (Å²) >= 11 is 1.49. The zero-order chi connectivity index (χ0) is 14.4. The maximum Gasteiger partial charge on any atom is 0.242 e. The van der Waals surface area contributed by atoms with Crippen LogP contribution in [0.4, 0.5) is 0 Å². The molecule has 0 bridgehead atoms. The maximum absolute atomic E-state index is 11.9. The highest BCUT2D eigenvalue weighted by Crippen LogP contribution is 2.18. The average molecular weight is 292 g/mol. The molecule has 1 fully saturated rings. The molecule has 1 aromatic carbocycles. The Bertz CT molecular complexity index is 473. The quantitative estimate of drug-likeness (QED) is 0.833. The van der Waals surface area contributed by atoms with Gasteiger partial charge in [0, 0.05) is 11.4 Å². The predicted molar refractivity (Wildman–Crippen MR) is 80.7 cm³/mol. The van der Waals surface area contributed by atoms with Crippen LogP contribution >= 0.6 is 11.8 Å². The zero-order valence-corrected chi connectivity index (χ0v) is 12.5. The summed E-state index contributed by atoms with van der Waals surface area (Å²) in [4.78, 5) is 24.7. The summed E-state index contributed by atoms with van der Waals surface area (Å²) in [5.74, 6) is 0.196. The predicted octanol–water partition coefficient (Wildman–Crippen LogP) is 1.87. The van der Waals surface area contributed by atoms with E-state index < -0.39 is 0 Å². The van der Waals surface area contributed by atoms with Gasteiger partial charge in [-0.15, -0.1) is 11.8 Å². The second kappa shape index (κ2) is 7.33. The van der Waals surface area contributed by atoms with Crippen molar-refractivity contribution in [1.29, 1.82) is 0 Å². The summed E-state index contributed by atoms with van der Waals surface area (Å²) in [6.07, 6.45) is 2.68. The Morgan fingerprint density at radius 2 is 2.10 bits per heavy atom. The van der Waals surface area contributed by atoms with E-state index in [0.29, 0.717) is 12.3 Å². The minimum atomic E-state index is -0.372. The van der Waals surface area contributed by atoms with Crippen molar-refractivity contribution in [3.63, 3.8) is 0 Å². The zero-order valence-electron chi connectivity index (χ0n) is 11.6. The Morgan fingerprint density at radius 1 is 1.35 bits per heavy atom. The van der Waals surface area contributed by atoms with Gasteiger partial charge in [-0.3, -0.25) is 9.59 Å². The molecule has 5 heteroatoms. The fraction of sp³-hybridized carbons (Fsp3) is 0.467. The smallest absolute Gasteiger partial charge is 0.242 e. The number of carbonyl (C=O) groups is 2. The third-order valence-corrected chi connectivity index (χ3v) is 4.27. The molecule has 0 aromatic heterocycles. The highest BCUT2D eigenvalue weighted by molar-refractivity contribution is 8.00. The first-order valence-electron chi connectivity index (χ1n) is 6.92. The van der Waals surface area contributed by atoms with Crippen LogP contribution in [0.25, 0.3) is 0 Å². The number of nitrogens with one attached hydrogen (secondary N) is 2. The topological polar surface area (TPSA) is 58.2 Å². The van der Waals surface area contributed by atoms with Gasteiger partial charge in [-0.1, -0.05) is 17.7 Å². The van der Waals surface area contributed by atoms with Crippen molar-refractivity contribution in [2.75, 3.05) is 12.3 Å². The maximum atomic E-state index is 11.9. The molecular weight excluding hydrogens is 272 g/mol. The molecule has 1 aromatic rings. The first kappa shape index (κ1) is 14.9. The van der Waals surface area contributed by atoms with Crippen LogP contribution in [0.2, 0.25) is 0 Å². The fourth-order valence-electron chi connectivity index (χ4n) is 2.10. The van der Waals surface area contributed by atoms with E-state index >= 15 is 0 Å². The molecule has 0 radical (unpaired) electrons. The van der Waals surface area contributed by atoms with E-state index in [1.165, 1.54) is 17.3 Å². The summed E-state index contributed by atoms with van der Waals surface area (Å²) in [7, 11) is 0. The summed E-state index contributed by atoms with van der Waals surface area (Å²) in [5, 5.41) is 5.64. The van der Waals surface area contributed by atoms with Gasteiger partial charge in [0.05, 0.1) is 5.75 Å². The lowest BCUT2D eigenvalue weighted by atomic mass is 10.1. The second-order valence-electron chi connectivity index (χ2n) is 5.01. The molecule has 20 heavy (non-hydrogen) atoms. The molecule has 1 aliphatic rings. The van der Waals surface area contributed by atoms with Crippen molar-refractivity contribution in [3.05, 3.63) is 29.8 Å². The molecule has 2 rings (SSSR count). The van der Waals surface area contributed by atoms with Gasteiger partial charge < -0.3 is 10.6 Å². The molecular formula is C15H20N2O2S. The van der Waals surface area contributed by atoms with Crippen LogP contribution < -0.4 is 10.6 Å². The van der Waals surface area contributed by atoms with E-state index in [1.54, 1.807) is 0 Å². The number of rotatable bonds is 4. The number of aryl methyl sites for hydroxylation is 1. The molecule has 1 saturated heterocycles. The van der Waals surface area contributed by atoms with Gasteiger partial charge in [0.15, 0.2) is 0 Å². The SMILES string of the molecule is Cc1ccc(SCC(=O)N[C@@H]2CCCCNC2=O)cc1. The lowest BCUT2D eigenvalue weighted by molar-refractivity contribution is -0.127. The Balaban J connectivity index is 1.79. The van der Waals surface area contributed by atoms with Crippen LogP contribution in [0.5, 0.6) is 0 Å². The van der Waals surface area contributed by atoms with Crippen LogP contribution in [0.3, 0.4) is 0 Å². The summed E-state index contributed by atoms with van der Waals surface area (Å²) in [5.41, 5.74) is 1.20. The van der Waals surface area contributed by atoms with Gasteiger partial charge in [0.2, 0.25) is 11.8 Å². The Kier molecular flexibility index (Phi) is 5.47. The van der Waals surface area contributed by atoms with Crippen molar-refractivity contribution in [3.8, 4) is 0 Å². The minimum Gasteiger partial charge on any atom is -0.354 e. The van der Waals surface area contributed by atoms with E-state index in [-0.39, 0.29) is 17.9 Å². The molecule has 1 heterocycles. The van der Waals surface area contributed by atoms with E-state index in [9.17, 15) is 9.59 Å². The van der Waals surface area contributed by atoms with Crippen molar-refractivity contribution < 1.29 is 9.59 Å². The molecule has 0 spiro atoms. The van der Waals surface area contributed by atoms with Crippen molar-refractivity contribution in [2.24, 2.45) is 0 Å². The van der Waals surface area contributed by atoms with Crippen molar-refractivity contribution >= 4 is 23.6 Å². The first-order valence-corrected chi connectivity index (χ1v) is 7.90. The third kappa shape index (κ3) is 4.56. The lowest BCUT2D eigenvalue weighted by Crippen LogP contribution is -2.46. The van der Waals surface area contributed by atoms with Gasteiger partial charge >= 0.3 is 0 Å². The van der Waals surface area contributed by atoms with Crippen LogP contribution in [-0.2, 0) is 9.59 Å². The fourth-order valence-corrected chi connectivity index (χ4v) is 2.81. The molecule has 1 aliphatic heterocycles. The van der Waals surface area contributed by atoms with Gasteiger partial charge in [0.25, 0.3) is 0 Å². The first-order chi connectivity index (χ1) is 9.65. The lowest BCUT2D eigenvalue weighted by Gasteiger charge is -2.14. The number of benzene rings is 1. The molecule has 108 valence electrons. The highest BCUT2D eigenvalue weighted by atomic mass is 32.2. The van der Waals surface area contributed by atoms with Crippen LogP contribution in [0, 0.1) is 6.92 Å². The number of hydrogen-bond acceptors (Lipinski definition) is 3. The van der Waals surface area contributed by atoms with Gasteiger partial charge in [0.1, 0.15) is 6.04 Å². The van der Waals surface area contributed by atoms with Gasteiger partial charge in [-0.2, -0.15) is 0 Å². The molecule has 2 amide bonds. The number of amides is 2. The number of thioether (sulfide) groups is 1. The van der Waals surface area contributed by atoms with E-state index in [0.717, 1.165) is 24.2 Å². The van der Waals surface area contributed by atoms with Crippen molar-refractivity contribution in [1.82, 2.24) is 10.6 Å². The normalized spacial score (nSPS) is 19.1. The monoisotopic (exact) mass is 292 g/mol. The standard InChI is InChI=1S/C15H20N2O2S/c1-11-5-7-12(8-6-11)20-10-14(18)17-13-4-2-3-9-16-15(13)19/h5-8,13H,2-4,9-10H2,1H3,(H,16,19)(H,17,18)/t13-/m1/s1. The van der Waals surface area contributed by atoms with Crippen LogP contribution in [0.1, 0.15) is 24.8 Å². The van der Waals surface area contributed by atoms with Gasteiger partial charge in [-0.25, -0.2) is 0 Å². The van der Waals surface area contributed by atoms with Gasteiger partial charge in [-0.05, 0) is 38.3 Å². The molecule has 0 saturated carbocycles. The van der Waals surface area contributed by atoms with Crippen LogP contribution in [-0.4, -0.2) is 30.2 Å². The Hall–Kier alpha value is -1.49. The van der Waals surface area contributed by atoms with Crippen molar-refractivity contribution in [2.45, 2.75) is 37.1 Å². The Morgan fingerprint density at radius 3 is 2.85 bits per heavy atom. The largest absolute Gasteiger partial charge is 0.354 e. The molecule has 0 aliphatic carbocycles.